The van der Waals surface area contributed by atoms with Crippen molar-refractivity contribution in [1.29, 1.82) is 0 Å². The van der Waals surface area contributed by atoms with E-state index in [2.05, 4.69) is 15.9 Å². The van der Waals surface area contributed by atoms with E-state index in [-0.39, 0.29) is 5.82 Å². The predicted molar refractivity (Wildman–Crippen MR) is 74.9 cm³/mol. The van der Waals surface area contributed by atoms with Crippen molar-refractivity contribution in [2.75, 3.05) is 0 Å². The second kappa shape index (κ2) is 5.91. The van der Waals surface area contributed by atoms with Crippen molar-refractivity contribution in [3.8, 4) is 5.75 Å². The van der Waals surface area contributed by atoms with Crippen LogP contribution in [0.4, 0.5) is 4.39 Å². The highest BCUT2D eigenvalue weighted by atomic mass is 79.9. The molecule has 2 aromatic carbocycles. The number of hydrogen-bond acceptors (Lipinski definition) is 1. The summed E-state index contributed by atoms with van der Waals surface area (Å²) in [6.45, 7) is 0.318. The van der Waals surface area contributed by atoms with Crippen LogP contribution < -0.4 is 4.74 Å². The average Bonchev–Trinajstić information content (AvgIpc) is 2.32. The Balaban J connectivity index is 2.09. The zero-order valence-electron chi connectivity index (χ0n) is 9.09. The molecule has 0 saturated carbocycles. The van der Waals surface area contributed by atoms with Crippen LogP contribution in [0.3, 0.4) is 0 Å². The summed E-state index contributed by atoms with van der Waals surface area (Å²) in [6.07, 6.45) is 0. The highest BCUT2D eigenvalue weighted by Crippen LogP contribution is 2.27. The van der Waals surface area contributed by atoms with Gasteiger partial charge in [0.1, 0.15) is 18.2 Å². The number of rotatable bonds is 3. The first-order chi connectivity index (χ1) is 8.56. The van der Waals surface area contributed by atoms with Crippen LogP contribution in [0.25, 0.3) is 0 Å². The predicted octanol–water partition coefficient (Wildman–Crippen LogP) is 5.47. The minimum atomic E-state index is -0.292. The molecule has 0 spiro atoms. The van der Waals surface area contributed by atoms with Crippen molar-refractivity contribution in [2.24, 2.45) is 0 Å². The summed E-state index contributed by atoms with van der Waals surface area (Å²) >= 11 is 15.0. The van der Waals surface area contributed by atoms with Crippen LogP contribution >= 0.6 is 39.1 Å². The SMILES string of the molecule is Fc1ccc(COc2ccc(Cl)c(Cl)c2)c(Br)c1. The molecule has 0 aliphatic heterocycles. The molecular weight excluding hydrogens is 342 g/mol. The maximum Gasteiger partial charge on any atom is 0.124 e. The molecule has 0 saturated heterocycles. The van der Waals surface area contributed by atoms with Gasteiger partial charge in [0, 0.05) is 16.1 Å². The van der Waals surface area contributed by atoms with Crippen LogP contribution in [-0.2, 0) is 6.61 Å². The van der Waals surface area contributed by atoms with E-state index in [9.17, 15) is 4.39 Å². The summed E-state index contributed by atoms with van der Waals surface area (Å²) in [6, 6.07) is 9.48. The molecule has 2 aromatic rings. The lowest BCUT2D eigenvalue weighted by atomic mass is 10.2. The molecule has 18 heavy (non-hydrogen) atoms. The van der Waals surface area contributed by atoms with Crippen LogP contribution in [0.1, 0.15) is 5.56 Å². The number of ether oxygens (including phenoxy) is 1. The standard InChI is InChI=1S/C13H8BrCl2FO/c14-11-5-9(17)2-1-8(11)7-18-10-3-4-12(15)13(16)6-10/h1-6H,7H2. The molecule has 0 unspecified atom stereocenters. The van der Waals surface area contributed by atoms with Crippen LogP contribution in [0.5, 0.6) is 5.75 Å². The van der Waals surface area contributed by atoms with Gasteiger partial charge in [0.05, 0.1) is 10.0 Å². The summed E-state index contributed by atoms with van der Waals surface area (Å²) in [5, 5.41) is 0.916. The third-order valence-electron chi connectivity index (χ3n) is 2.30. The van der Waals surface area contributed by atoms with Gasteiger partial charge in [-0.15, -0.1) is 0 Å². The molecule has 0 bridgehead atoms. The first-order valence-corrected chi connectivity index (χ1v) is 6.63. The van der Waals surface area contributed by atoms with E-state index >= 15 is 0 Å². The molecule has 0 aliphatic carbocycles. The Hall–Kier alpha value is -0.770. The lowest BCUT2D eigenvalue weighted by molar-refractivity contribution is 0.305. The summed E-state index contributed by atoms with van der Waals surface area (Å²) < 4.78 is 19.1. The summed E-state index contributed by atoms with van der Waals surface area (Å²) in [5.41, 5.74) is 0.850. The van der Waals surface area contributed by atoms with Crippen LogP contribution in [0, 0.1) is 5.82 Å². The lowest BCUT2D eigenvalue weighted by Gasteiger charge is -2.08. The van der Waals surface area contributed by atoms with Crippen molar-refractivity contribution < 1.29 is 9.13 Å². The smallest absolute Gasteiger partial charge is 0.124 e. The monoisotopic (exact) mass is 348 g/mol. The molecule has 0 aliphatic rings. The maximum atomic E-state index is 12.9. The normalized spacial score (nSPS) is 10.4. The van der Waals surface area contributed by atoms with Crippen molar-refractivity contribution in [2.45, 2.75) is 6.61 Å². The molecular formula is C13H8BrCl2FO. The number of hydrogen-bond donors (Lipinski definition) is 0. The molecule has 0 amide bonds. The van der Waals surface area contributed by atoms with Crippen LogP contribution in [-0.4, -0.2) is 0 Å². The molecule has 0 aromatic heterocycles. The Morgan fingerprint density at radius 1 is 1.06 bits per heavy atom. The van der Waals surface area contributed by atoms with Crippen molar-refractivity contribution in [3.05, 3.63) is 62.3 Å². The van der Waals surface area contributed by atoms with E-state index in [0.29, 0.717) is 26.9 Å². The van der Waals surface area contributed by atoms with Gasteiger partial charge < -0.3 is 4.74 Å². The van der Waals surface area contributed by atoms with E-state index in [0.717, 1.165) is 5.56 Å². The van der Waals surface area contributed by atoms with Gasteiger partial charge in [-0.1, -0.05) is 45.2 Å². The molecule has 0 radical (unpaired) electrons. The van der Waals surface area contributed by atoms with Gasteiger partial charge in [0.2, 0.25) is 0 Å². The molecule has 94 valence electrons. The molecule has 1 nitrogen and oxygen atoms in total. The molecule has 0 atom stereocenters. The van der Waals surface area contributed by atoms with Crippen LogP contribution in [0.15, 0.2) is 40.9 Å². The number of halogens is 4. The number of benzene rings is 2. The zero-order chi connectivity index (χ0) is 13.1. The zero-order valence-corrected chi connectivity index (χ0v) is 12.2. The molecule has 5 heteroatoms. The van der Waals surface area contributed by atoms with Gasteiger partial charge in [-0.25, -0.2) is 4.39 Å². The lowest BCUT2D eigenvalue weighted by Crippen LogP contribution is -1.96. The molecule has 2 rings (SSSR count). The van der Waals surface area contributed by atoms with Gasteiger partial charge in [-0.2, -0.15) is 0 Å². The maximum absolute atomic E-state index is 12.9. The quantitative estimate of drug-likeness (QED) is 0.713. The highest BCUT2D eigenvalue weighted by molar-refractivity contribution is 9.10. The summed E-state index contributed by atoms with van der Waals surface area (Å²) in [7, 11) is 0. The third-order valence-corrected chi connectivity index (χ3v) is 3.78. The fraction of sp³-hybridized carbons (Fsp3) is 0.0769. The van der Waals surface area contributed by atoms with E-state index < -0.39 is 0 Å². The minimum absolute atomic E-state index is 0.292. The van der Waals surface area contributed by atoms with Gasteiger partial charge in [-0.3, -0.25) is 0 Å². The fourth-order valence-electron chi connectivity index (χ4n) is 1.37. The Morgan fingerprint density at radius 2 is 1.83 bits per heavy atom. The van der Waals surface area contributed by atoms with E-state index in [1.54, 1.807) is 24.3 Å². The van der Waals surface area contributed by atoms with E-state index in [1.165, 1.54) is 12.1 Å². The molecule has 0 N–H and O–H groups in total. The topological polar surface area (TPSA) is 9.23 Å². The van der Waals surface area contributed by atoms with Crippen molar-refractivity contribution >= 4 is 39.1 Å². The highest BCUT2D eigenvalue weighted by Gasteiger charge is 2.04. The average molecular weight is 350 g/mol. The summed E-state index contributed by atoms with van der Waals surface area (Å²) in [5.74, 6) is 0.320. The van der Waals surface area contributed by atoms with Crippen LogP contribution in [0.2, 0.25) is 10.0 Å². The third kappa shape index (κ3) is 3.37. The van der Waals surface area contributed by atoms with Gasteiger partial charge in [0.25, 0.3) is 0 Å². The largest absolute Gasteiger partial charge is 0.489 e. The fourth-order valence-corrected chi connectivity index (χ4v) is 2.12. The van der Waals surface area contributed by atoms with E-state index in [4.69, 9.17) is 27.9 Å². The first-order valence-electron chi connectivity index (χ1n) is 5.08. The second-order valence-corrected chi connectivity index (χ2v) is 5.27. The Labute approximate surface area is 123 Å². The minimum Gasteiger partial charge on any atom is -0.489 e. The van der Waals surface area contributed by atoms with Gasteiger partial charge in [0.15, 0.2) is 0 Å². The second-order valence-electron chi connectivity index (χ2n) is 3.60. The first kappa shape index (κ1) is 13.7. The van der Waals surface area contributed by atoms with Crippen molar-refractivity contribution in [1.82, 2.24) is 0 Å². The Morgan fingerprint density at radius 3 is 2.50 bits per heavy atom. The molecule has 0 fully saturated rings. The van der Waals surface area contributed by atoms with Crippen molar-refractivity contribution in [3.63, 3.8) is 0 Å². The Kier molecular flexibility index (Phi) is 4.49. The van der Waals surface area contributed by atoms with E-state index in [1.807, 2.05) is 0 Å². The Bertz CT molecular complexity index is 575. The summed E-state index contributed by atoms with van der Waals surface area (Å²) in [4.78, 5) is 0. The molecule has 0 heterocycles. The van der Waals surface area contributed by atoms with Gasteiger partial charge >= 0.3 is 0 Å². The van der Waals surface area contributed by atoms with Gasteiger partial charge in [-0.05, 0) is 24.3 Å².